The van der Waals surface area contributed by atoms with Gasteiger partial charge in [0.2, 0.25) is 5.88 Å². The number of aromatic hydroxyl groups is 2. The Morgan fingerprint density at radius 3 is 2.58 bits per heavy atom. The van der Waals surface area contributed by atoms with Crippen LogP contribution < -0.4 is 4.90 Å². The lowest BCUT2D eigenvalue weighted by atomic mass is 9.87. The molecule has 7 heterocycles. The number of hydrogen-bond acceptors (Lipinski definition) is 9. The molecular weight excluding hydrogens is 420 g/mol. The van der Waals surface area contributed by atoms with Crippen LogP contribution in [0.25, 0.3) is 16.8 Å². The zero-order valence-corrected chi connectivity index (χ0v) is 17.6. The van der Waals surface area contributed by atoms with Gasteiger partial charge in [0.25, 0.3) is 0 Å². The molecule has 10 nitrogen and oxygen atoms in total. The Balaban J connectivity index is 1.20. The molecule has 33 heavy (non-hydrogen) atoms. The van der Waals surface area contributed by atoms with Crippen molar-refractivity contribution < 1.29 is 10.2 Å². The fourth-order valence-electron chi connectivity index (χ4n) is 4.86. The summed E-state index contributed by atoms with van der Waals surface area (Å²) in [5, 5.41) is 33.0. The zero-order valence-electron chi connectivity index (χ0n) is 17.6. The highest BCUT2D eigenvalue weighted by Gasteiger charge is 2.44. The molecule has 7 rings (SSSR count). The average Bonchev–Trinajstić information content (AvgIpc) is 3.26. The number of piperazine rings is 1. The molecule has 0 aliphatic carbocycles. The summed E-state index contributed by atoms with van der Waals surface area (Å²) < 4.78 is 1.48. The minimum absolute atomic E-state index is 0.0380. The molecular formula is C23H20N8O2. The first-order valence-electron chi connectivity index (χ1n) is 10.7. The Kier molecular flexibility index (Phi) is 4.38. The highest BCUT2D eigenvalue weighted by atomic mass is 16.3. The van der Waals surface area contributed by atoms with Gasteiger partial charge < -0.3 is 15.1 Å². The molecule has 10 heteroatoms. The van der Waals surface area contributed by atoms with Crippen LogP contribution in [0.1, 0.15) is 17.5 Å². The van der Waals surface area contributed by atoms with E-state index in [1.54, 1.807) is 30.7 Å². The summed E-state index contributed by atoms with van der Waals surface area (Å²) in [5.41, 5.74) is 3.28. The molecule has 164 valence electrons. The maximum absolute atomic E-state index is 10.1. The van der Waals surface area contributed by atoms with Gasteiger partial charge in [-0.05, 0) is 18.1 Å². The van der Waals surface area contributed by atoms with E-state index in [1.165, 1.54) is 16.9 Å². The monoisotopic (exact) mass is 440 g/mol. The Morgan fingerprint density at radius 2 is 1.88 bits per heavy atom. The van der Waals surface area contributed by atoms with Crippen LogP contribution >= 0.6 is 0 Å². The summed E-state index contributed by atoms with van der Waals surface area (Å²) in [4.78, 5) is 17.9. The SMILES string of the molecule is N#Cc1cnn2cc(O)cc(-c3cnc(N4CC5CC(C4)N5Cc4ccc(O)nc4)cn3)c12. The molecule has 3 saturated heterocycles. The van der Waals surface area contributed by atoms with Crippen LogP contribution in [0.5, 0.6) is 11.6 Å². The van der Waals surface area contributed by atoms with Crippen molar-refractivity contribution in [3.8, 4) is 29.0 Å². The number of nitrogens with zero attached hydrogens (tertiary/aromatic N) is 8. The van der Waals surface area contributed by atoms with E-state index >= 15 is 0 Å². The fraction of sp³-hybridized carbons (Fsp3) is 0.261. The van der Waals surface area contributed by atoms with Gasteiger partial charge in [0.05, 0.1) is 41.6 Å². The lowest BCUT2D eigenvalue weighted by Gasteiger charge is -2.56. The number of nitriles is 1. The third-order valence-corrected chi connectivity index (χ3v) is 6.47. The van der Waals surface area contributed by atoms with Crippen LogP contribution in [0.3, 0.4) is 0 Å². The first kappa shape index (κ1) is 19.5. The number of pyridine rings is 2. The van der Waals surface area contributed by atoms with E-state index in [1.807, 2.05) is 6.07 Å². The van der Waals surface area contributed by atoms with E-state index in [2.05, 4.69) is 35.9 Å². The Morgan fingerprint density at radius 1 is 1.03 bits per heavy atom. The first-order valence-corrected chi connectivity index (χ1v) is 10.7. The molecule has 2 bridgehead atoms. The van der Waals surface area contributed by atoms with Crippen LogP contribution in [-0.4, -0.2) is 64.9 Å². The quantitative estimate of drug-likeness (QED) is 0.489. The fourth-order valence-corrected chi connectivity index (χ4v) is 4.86. The first-order chi connectivity index (χ1) is 16.1. The van der Waals surface area contributed by atoms with Gasteiger partial charge in [0.15, 0.2) is 0 Å². The molecule has 2 atom stereocenters. The summed E-state index contributed by atoms with van der Waals surface area (Å²) in [7, 11) is 0. The van der Waals surface area contributed by atoms with Crippen molar-refractivity contribution in [2.75, 3.05) is 18.0 Å². The summed E-state index contributed by atoms with van der Waals surface area (Å²) in [6.07, 6.45) is 9.24. The molecule has 0 amide bonds. The zero-order chi connectivity index (χ0) is 22.5. The smallest absolute Gasteiger partial charge is 0.210 e. The molecule has 4 aromatic heterocycles. The third kappa shape index (κ3) is 3.30. The topological polar surface area (TPSA) is 127 Å². The number of anilines is 1. The summed E-state index contributed by atoms with van der Waals surface area (Å²) in [6, 6.07) is 8.13. The van der Waals surface area contributed by atoms with E-state index in [4.69, 9.17) is 0 Å². The van der Waals surface area contributed by atoms with Crippen molar-refractivity contribution in [1.82, 2.24) is 29.5 Å². The highest BCUT2D eigenvalue weighted by molar-refractivity contribution is 5.83. The maximum atomic E-state index is 10.1. The second-order valence-corrected chi connectivity index (χ2v) is 8.48. The Hall–Kier alpha value is -4.23. The van der Waals surface area contributed by atoms with Crippen LogP contribution in [0, 0.1) is 11.3 Å². The highest BCUT2D eigenvalue weighted by Crippen LogP contribution is 2.36. The normalized spacial score (nSPS) is 19.9. The summed E-state index contributed by atoms with van der Waals surface area (Å²) in [6.45, 7) is 2.56. The van der Waals surface area contributed by atoms with Crippen molar-refractivity contribution in [3.05, 3.63) is 60.3 Å². The third-order valence-electron chi connectivity index (χ3n) is 6.47. The van der Waals surface area contributed by atoms with Gasteiger partial charge in [0, 0.05) is 49.5 Å². The van der Waals surface area contributed by atoms with E-state index in [-0.39, 0.29) is 11.6 Å². The van der Waals surface area contributed by atoms with E-state index in [9.17, 15) is 15.5 Å². The average molecular weight is 440 g/mol. The van der Waals surface area contributed by atoms with Gasteiger partial charge in [-0.1, -0.05) is 6.07 Å². The molecule has 2 N–H and O–H groups in total. The van der Waals surface area contributed by atoms with Gasteiger partial charge in [-0.3, -0.25) is 9.88 Å². The molecule has 3 fully saturated rings. The van der Waals surface area contributed by atoms with Gasteiger partial charge in [-0.2, -0.15) is 10.4 Å². The van der Waals surface area contributed by atoms with Gasteiger partial charge in [-0.25, -0.2) is 14.5 Å². The predicted molar refractivity (Wildman–Crippen MR) is 118 cm³/mol. The number of hydrogen-bond donors (Lipinski definition) is 2. The van der Waals surface area contributed by atoms with E-state index in [0.717, 1.165) is 37.4 Å². The van der Waals surface area contributed by atoms with Crippen molar-refractivity contribution in [2.24, 2.45) is 0 Å². The van der Waals surface area contributed by atoms with Crippen LogP contribution in [-0.2, 0) is 6.54 Å². The molecule has 3 aliphatic rings. The van der Waals surface area contributed by atoms with Gasteiger partial charge >= 0.3 is 0 Å². The van der Waals surface area contributed by atoms with Crippen molar-refractivity contribution >= 4 is 11.3 Å². The lowest BCUT2D eigenvalue weighted by molar-refractivity contribution is -0.00878. The molecule has 0 aromatic carbocycles. The molecule has 0 radical (unpaired) electrons. The predicted octanol–water partition coefficient (Wildman–Crippen LogP) is 1.93. The van der Waals surface area contributed by atoms with Crippen LogP contribution in [0.2, 0.25) is 0 Å². The Bertz CT molecular complexity index is 1360. The van der Waals surface area contributed by atoms with Crippen LogP contribution in [0.4, 0.5) is 5.82 Å². The minimum Gasteiger partial charge on any atom is -0.506 e. The number of piperidine rings is 1. The maximum Gasteiger partial charge on any atom is 0.210 e. The minimum atomic E-state index is 0.0380. The number of aromatic nitrogens is 5. The standard InChI is InChI=1S/C23H20N8O2/c24-5-15-7-28-31-13-18(32)4-19(23(15)31)20-8-26-21(9-25-20)29-11-16-3-17(12-29)30(16)10-14-1-2-22(33)27-6-14/h1-2,4,6-9,13,16-17,32H,3,10-12H2,(H,27,33). The van der Waals surface area contributed by atoms with Gasteiger partial charge in [0.1, 0.15) is 17.6 Å². The lowest BCUT2D eigenvalue weighted by Crippen LogP contribution is -2.68. The molecule has 4 aromatic rings. The molecule has 0 spiro atoms. The second kappa shape index (κ2) is 7.43. The molecule has 3 aliphatic heterocycles. The molecule has 0 saturated carbocycles. The van der Waals surface area contributed by atoms with Crippen molar-refractivity contribution in [3.63, 3.8) is 0 Å². The summed E-state index contributed by atoms with van der Waals surface area (Å²) in [5.74, 6) is 0.889. The largest absolute Gasteiger partial charge is 0.506 e. The summed E-state index contributed by atoms with van der Waals surface area (Å²) >= 11 is 0. The van der Waals surface area contributed by atoms with E-state index < -0.39 is 0 Å². The van der Waals surface area contributed by atoms with Crippen molar-refractivity contribution in [2.45, 2.75) is 25.0 Å². The number of rotatable bonds is 4. The molecule has 2 unspecified atom stereocenters. The van der Waals surface area contributed by atoms with Crippen molar-refractivity contribution in [1.29, 1.82) is 5.26 Å². The van der Waals surface area contributed by atoms with E-state index in [0.29, 0.717) is 34.4 Å². The second-order valence-electron chi connectivity index (χ2n) is 8.48. The number of fused-ring (bicyclic) bond motifs is 3. The Labute approximate surface area is 189 Å². The van der Waals surface area contributed by atoms with Gasteiger partial charge in [-0.15, -0.1) is 0 Å². The van der Waals surface area contributed by atoms with Crippen LogP contribution in [0.15, 0.2) is 49.2 Å².